The Morgan fingerprint density at radius 3 is 1.53 bits per heavy atom. The monoisotopic (exact) mass is 251 g/mol. The van der Waals surface area contributed by atoms with E-state index in [1.165, 1.54) is 0 Å². The summed E-state index contributed by atoms with van der Waals surface area (Å²) in [6, 6.07) is 0. The molecule has 0 saturated carbocycles. The Hall–Kier alpha value is -0.400. The van der Waals surface area contributed by atoms with Gasteiger partial charge in [-0.05, 0) is 0 Å². The number of carbonyl (C=O) groups excluding carboxylic acids is 2. The van der Waals surface area contributed by atoms with E-state index in [0.29, 0.717) is 26.2 Å². The van der Waals surface area contributed by atoms with Gasteiger partial charge < -0.3 is 16.0 Å². The summed E-state index contributed by atoms with van der Waals surface area (Å²) >= 11 is 7.64. The summed E-state index contributed by atoms with van der Waals surface area (Å²) in [6.45, 7) is 2.49. The van der Waals surface area contributed by atoms with Crippen molar-refractivity contribution in [2.24, 2.45) is 0 Å². The summed E-state index contributed by atoms with van der Waals surface area (Å²) in [6.07, 6.45) is 0. The number of amides is 2. The van der Waals surface area contributed by atoms with Crippen LogP contribution in [0.5, 0.6) is 0 Å². The first kappa shape index (κ1) is 14.6. The number of hydrogen-bond donors (Lipinski definition) is 5. The molecule has 0 unspecified atom stereocenters. The molecule has 0 aromatic rings. The molecule has 0 heterocycles. The lowest BCUT2D eigenvalue weighted by Gasteiger charge is -2.06. The number of carbonyl (C=O) groups is 2. The molecular weight excluding hydrogens is 234 g/mol. The molecule has 0 rings (SSSR count). The van der Waals surface area contributed by atoms with Gasteiger partial charge in [0, 0.05) is 26.2 Å². The van der Waals surface area contributed by atoms with Crippen LogP contribution in [0.15, 0.2) is 0 Å². The van der Waals surface area contributed by atoms with E-state index >= 15 is 0 Å². The third-order valence-electron chi connectivity index (χ3n) is 1.54. The Balaban J connectivity index is 3.11. The zero-order chi connectivity index (χ0) is 11.5. The highest BCUT2D eigenvalue weighted by atomic mass is 32.1. The minimum atomic E-state index is -0.0801. The predicted molar refractivity (Wildman–Crippen MR) is 66.6 cm³/mol. The van der Waals surface area contributed by atoms with Crippen molar-refractivity contribution >= 4 is 37.1 Å². The second kappa shape index (κ2) is 10.1. The highest BCUT2D eigenvalue weighted by Crippen LogP contribution is 1.72. The number of nitrogens with one attached hydrogen (secondary N) is 3. The molecule has 0 radical (unpaired) electrons. The van der Waals surface area contributed by atoms with E-state index < -0.39 is 0 Å². The van der Waals surface area contributed by atoms with Gasteiger partial charge >= 0.3 is 0 Å². The molecule has 15 heavy (non-hydrogen) atoms. The maximum atomic E-state index is 10.7. The van der Waals surface area contributed by atoms with E-state index in [9.17, 15) is 9.59 Å². The van der Waals surface area contributed by atoms with Gasteiger partial charge in [0.25, 0.3) is 0 Å². The van der Waals surface area contributed by atoms with Gasteiger partial charge in [-0.25, -0.2) is 0 Å². The molecule has 0 spiro atoms. The molecule has 88 valence electrons. The molecule has 0 atom stereocenters. The molecule has 0 aliphatic carbocycles. The predicted octanol–water partition coefficient (Wildman–Crippen LogP) is -1.33. The minimum Gasteiger partial charge on any atom is -0.354 e. The lowest BCUT2D eigenvalue weighted by Crippen LogP contribution is -2.37. The van der Waals surface area contributed by atoms with Gasteiger partial charge in [-0.1, -0.05) is 0 Å². The summed E-state index contributed by atoms with van der Waals surface area (Å²) in [5, 5.41) is 8.40. The van der Waals surface area contributed by atoms with Crippen LogP contribution in [-0.2, 0) is 9.59 Å². The fourth-order valence-corrected chi connectivity index (χ4v) is 1.04. The zero-order valence-electron chi connectivity index (χ0n) is 8.45. The van der Waals surface area contributed by atoms with E-state index in [0.717, 1.165) is 0 Å². The molecule has 0 aliphatic rings. The van der Waals surface area contributed by atoms with Crippen LogP contribution >= 0.6 is 25.3 Å². The number of hydrogen-bond acceptors (Lipinski definition) is 5. The van der Waals surface area contributed by atoms with Crippen molar-refractivity contribution in [3.8, 4) is 0 Å². The quantitative estimate of drug-likeness (QED) is 0.274. The van der Waals surface area contributed by atoms with Crippen molar-refractivity contribution in [3.05, 3.63) is 0 Å². The Labute approximate surface area is 101 Å². The summed E-state index contributed by atoms with van der Waals surface area (Å²) in [4.78, 5) is 21.5. The summed E-state index contributed by atoms with van der Waals surface area (Å²) < 4.78 is 0. The first-order chi connectivity index (χ1) is 7.20. The van der Waals surface area contributed by atoms with Gasteiger partial charge in [0.15, 0.2) is 0 Å². The van der Waals surface area contributed by atoms with Crippen LogP contribution in [0, 0.1) is 0 Å². The molecule has 5 nitrogen and oxygen atoms in total. The van der Waals surface area contributed by atoms with E-state index in [2.05, 4.69) is 41.2 Å². The molecule has 2 amide bonds. The fourth-order valence-electron chi connectivity index (χ4n) is 0.817. The second-order valence-electron chi connectivity index (χ2n) is 2.77. The first-order valence-electron chi connectivity index (χ1n) is 4.66. The van der Waals surface area contributed by atoms with E-state index in [1.54, 1.807) is 0 Å². The molecular formula is C8H17N3O2S2. The van der Waals surface area contributed by atoms with Crippen LogP contribution in [0.4, 0.5) is 0 Å². The highest BCUT2D eigenvalue weighted by molar-refractivity contribution is 7.81. The third-order valence-corrected chi connectivity index (χ3v) is 2.11. The molecule has 0 aliphatic heterocycles. The van der Waals surface area contributed by atoms with Crippen molar-refractivity contribution in [2.75, 3.05) is 37.7 Å². The van der Waals surface area contributed by atoms with Crippen molar-refractivity contribution in [1.29, 1.82) is 0 Å². The minimum absolute atomic E-state index is 0.0801. The standard InChI is InChI=1S/C8H17N3O2S2/c12-7(5-14)10-3-1-9-2-4-11-8(13)6-15/h9,14-15H,1-6H2,(H,10,12)(H,11,13). The number of rotatable bonds is 8. The maximum absolute atomic E-state index is 10.7. The highest BCUT2D eigenvalue weighted by Gasteiger charge is 1.96. The average Bonchev–Trinajstić information content (AvgIpc) is 2.26. The molecule has 0 saturated heterocycles. The Bertz CT molecular complexity index is 182. The largest absolute Gasteiger partial charge is 0.354 e. The molecule has 0 aromatic carbocycles. The van der Waals surface area contributed by atoms with Crippen molar-refractivity contribution < 1.29 is 9.59 Å². The fraction of sp³-hybridized carbons (Fsp3) is 0.750. The van der Waals surface area contributed by atoms with Gasteiger partial charge in [-0.15, -0.1) is 0 Å². The zero-order valence-corrected chi connectivity index (χ0v) is 10.2. The van der Waals surface area contributed by atoms with Gasteiger partial charge in [0.2, 0.25) is 11.8 Å². The molecule has 3 N–H and O–H groups in total. The molecule has 0 aromatic heterocycles. The van der Waals surface area contributed by atoms with Crippen LogP contribution in [0.3, 0.4) is 0 Å². The van der Waals surface area contributed by atoms with Crippen LogP contribution in [-0.4, -0.2) is 49.5 Å². The Kier molecular flexibility index (Phi) is 9.86. The third kappa shape index (κ3) is 9.89. The average molecular weight is 251 g/mol. The SMILES string of the molecule is O=C(CS)NCCNCCNC(=O)CS. The van der Waals surface area contributed by atoms with E-state index in [-0.39, 0.29) is 23.3 Å². The van der Waals surface area contributed by atoms with Crippen molar-refractivity contribution in [3.63, 3.8) is 0 Å². The first-order valence-corrected chi connectivity index (χ1v) is 5.93. The summed E-state index contributed by atoms with van der Waals surface area (Å²) in [5.74, 6) is 0.253. The Morgan fingerprint density at radius 1 is 0.800 bits per heavy atom. The molecule has 0 bridgehead atoms. The van der Waals surface area contributed by atoms with Crippen molar-refractivity contribution in [1.82, 2.24) is 16.0 Å². The van der Waals surface area contributed by atoms with Gasteiger partial charge in [-0.2, -0.15) is 25.3 Å². The lowest BCUT2D eigenvalue weighted by atomic mass is 10.5. The summed E-state index contributed by atoms with van der Waals surface area (Å²) in [7, 11) is 0. The van der Waals surface area contributed by atoms with E-state index in [4.69, 9.17) is 0 Å². The van der Waals surface area contributed by atoms with Gasteiger partial charge in [0.05, 0.1) is 11.5 Å². The Morgan fingerprint density at radius 2 is 1.20 bits per heavy atom. The molecule has 7 heteroatoms. The normalized spacial score (nSPS) is 9.73. The second-order valence-corrected chi connectivity index (χ2v) is 3.40. The van der Waals surface area contributed by atoms with Crippen LogP contribution < -0.4 is 16.0 Å². The van der Waals surface area contributed by atoms with E-state index in [1.807, 2.05) is 0 Å². The molecule has 0 fully saturated rings. The van der Waals surface area contributed by atoms with Crippen LogP contribution in [0.1, 0.15) is 0 Å². The van der Waals surface area contributed by atoms with Crippen LogP contribution in [0.25, 0.3) is 0 Å². The summed E-state index contributed by atoms with van der Waals surface area (Å²) in [5.41, 5.74) is 0. The smallest absolute Gasteiger partial charge is 0.229 e. The van der Waals surface area contributed by atoms with Gasteiger partial charge in [0.1, 0.15) is 0 Å². The van der Waals surface area contributed by atoms with Gasteiger partial charge in [-0.3, -0.25) is 9.59 Å². The topological polar surface area (TPSA) is 70.2 Å². The van der Waals surface area contributed by atoms with Crippen molar-refractivity contribution in [2.45, 2.75) is 0 Å². The van der Waals surface area contributed by atoms with Crippen LogP contribution in [0.2, 0.25) is 0 Å². The maximum Gasteiger partial charge on any atom is 0.229 e. The number of thiol groups is 2. The lowest BCUT2D eigenvalue weighted by molar-refractivity contribution is -0.119.